The van der Waals surface area contributed by atoms with Gasteiger partial charge in [-0.1, -0.05) is 0 Å². The molecule has 0 fully saturated rings. The fraction of sp³-hybridized carbons (Fsp3) is 0.375. The van der Waals surface area contributed by atoms with Crippen LogP contribution >= 0.6 is 11.8 Å². The first-order valence-electron chi connectivity index (χ1n) is 3.52. The van der Waals surface area contributed by atoms with Crippen LogP contribution in [0.1, 0.15) is 6.92 Å². The molecule has 0 aliphatic carbocycles. The molecule has 1 N–H and O–H groups in total. The van der Waals surface area contributed by atoms with Crippen molar-refractivity contribution in [3.05, 3.63) is 22.1 Å². The predicted molar refractivity (Wildman–Crippen MR) is 51.8 cm³/mol. The van der Waals surface area contributed by atoms with Gasteiger partial charge >= 0.3 is 0 Å². The maximum Gasteiger partial charge on any atom is 0.0605 e. The maximum absolute atomic E-state index is 4.23. The second-order valence-corrected chi connectivity index (χ2v) is 3.14. The summed E-state index contributed by atoms with van der Waals surface area (Å²) in [6.07, 6.45) is 1.86. The topological polar surface area (TPSA) is 24.4 Å². The summed E-state index contributed by atoms with van der Waals surface area (Å²) in [5.41, 5.74) is 2.37. The lowest BCUT2D eigenvalue weighted by Crippen LogP contribution is -2.07. The summed E-state index contributed by atoms with van der Waals surface area (Å²) in [5.74, 6) is 0. The number of allylic oxidation sites excluding steroid dienone is 1. The molecule has 0 atom stereocenters. The summed E-state index contributed by atoms with van der Waals surface area (Å²) in [4.78, 5) is 4.23. The highest BCUT2D eigenvalue weighted by atomic mass is 32.2. The third kappa shape index (κ3) is 2.80. The summed E-state index contributed by atoms with van der Waals surface area (Å²) in [6.45, 7) is 2.90. The van der Waals surface area contributed by atoms with Crippen molar-refractivity contribution >= 4 is 18.0 Å². The van der Waals surface area contributed by atoms with Gasteiger partial charge in [-0.15, -0.1) is 11.8 Å². The molecule has 0 aromatic carbocycles. The van der Waals surface area contributed by atoms with Crippen molar-refractivity contribution in [3.8, 4) is 0 Å². The average Bonchev–Trinajstić information content (AvgIpc) is 1.96. The first-order valence-corrected chi connectivity index (χ1v) is 4.46. The summed E-state index contributed by atoms with van der Waals surface area (Å²) in [5, 5.41) is 7.21. The van der Waals surface area contributed by atoms with Crippen LogP contribution in [0.15, 0.2) is 27.1 Å². The van der Waals surface area contributed by atoms with Gasteiger partial charge in [-0.25, -0.2) is 0 Å². The number of rotatable bonds is 1. The number of hydrogen-bond acceptors (Lipinski definition) is 3. The van der Waals surface area contributed by atoms with Gasteiger partial charge in [-0.05, 0) is 23.3 Å². The molecule has 1 rings (SSSR count). The lowest BCUT2D eigenvalue weighted by atomic mass is 10.3. The van der Waals surface area contributed by atoms with Gasteiger partial charge in [0, 0.05) is 13.3 Å². The molecule has 0 spiro atoms. The number of nitrogens with one attached hydrogen (secondary N) is 1. The van der Waals surface area contributed by atoms with Gasteiger partial charge in [0.15, 0.2) is 0 Å². The highest BCUT2D eigenvalue weighted by molar-refractivity contribution is 8.05. The zero-order valence-corrected chi connectivity index (χ0v) is 7.61. The van der Waals surface area contributed by atoms with Gasteiger partial charge < -0.3 is 5.32 Å². The molecule has 0 saturated heterocycles. The fourth-order valence-corrected chi connectivity index (χ4v) is 1.40. The van der Waals surface area contributed by atoms with E-state index in [0.717, 1.165) is 12.2 Å². The second-order valence-electron chi connectivity index (χ2n) is 2.39. The third-order valence-corrected chi connectivity index (χ3v) is 2.25. The van der Waals surface area contributed by atoms with E-state index in [0.29, 0.717) is 0 Å². The van der Waals surface area contributed by atoms with Crippen molar-refractivity contribution in [1.29, 1.82) is 0 Å². The Kier molecular flexibility index (Phi) is 3.23. The molecule has 3 heteroatoms. The van der Waals surface area contributed by atoms with Crippen LogP contribution in [0, 0.1) is 0 Å². The van der Waals surface area contributed by atoms with Crippen LogP contribution in [0.4, 0.5) is 0 Å². The minimum atomic E-state index is 0.812. The fourth-order valence-electron chi connectivity index (χ4n) is 0.703. The van der Waals surface area contributed by atoms with E-state index in [1.807, 2.05) is 18.7 Å². The Hall–Kier alpha value is -0.700. The van der Waals surface area contributed by atoms with Crippen LogP contribution in [0.3, 0.4) is 0 Å². The van der Waals surface area contributed by atoms with Crippen LogP contribution in [-0.4, -0.2) is 19.8 Å². The van der Waals surface area contributed by atoms with Crippen molar-refractivity contribution in [2.45, 2.75) is 6.92 Å². The van der Waals surface area contributed by atoms with Crippen molar-refractivity contribution in [3.63, 3.8) is 0 Å². The molecule has 1 heterocycles. The third-order valence-electron chi connectivity index (χ3n) is 1.32. The Balaban J connectivity index is 2.68. The quantitative estimate of drug-likeness (QED) is 0.645. The molecule has 0 saturated carbocycles. The Morgan fingerprint density at radius 3 is 3.09 bits per heavy atom. The minimum absolute atomic E-state index is 0.812. The van der Waals surface area contributed by atoms with Gasteiger partial charge in [0.1, 0.15) is 0 Å². The number of aliphatic imine (C=N–C) groups is 1. The highest BCUT2D eigenvalue weighted by Crippen LogP contribution is 2.12. The van der Waals surface area contributed by atoms with Gasteiger partial charge in [0.05, 0.1) is 12.2 Å². The second kappa shape index (κ2) is 4.23. The van der Waals surface area contributed by atoms with Gasteiger partial charge in [0.25, 0.3) is 0 Å². The van der Waals surface area contributed by atoms with E-state index in [-0.39, 0.29) is 0 Å². The Morgan fingerprint density at radius 2 is 2.36 bits per heavy atom. The smallest absolute Gasteiger partial charge is 0.0605 e. The van der Waals surface area contributed by atoms with Crippen LogP contribution in [0.25, 0.3) is 0 Å². The molecule has 1 aliphatic rings. The minimum Gasteiger partial charge on any atom is -0.386 e. The van der Waals surface area contributed by atoms with Crippen molar-refractivity contribution in [2.24, 2.45) is 4.99 Å². The summed E-state index contributed by atoms with van der Waals surface area (Å²) >= 11 is 1.69. The first-order chi connectivity index (χ1) is 5.33. The predicted octanol–water partition coefficient (Wildman–Crippen LogP) is 1.77. The summed E-state index contributed by atoms with van der Waals surface area (Å²) in [7, 11) is 1.90. The standard InChI is InChI=1S/C8H12N2S/c1-7-3-10-4-8(9-2)6-11-5-7/h4-6,9H,3H2,1-2H3/b7-5-,8-6+,10-4+. The van der Waals surface area contributed by atoms with Crippen LogP contribution in [0.2, 0.25) is 0 Å². The molecule has 1 aliphatic heterocycles. The lowest BCUT2D eigenvalue weighted by molar-refractivity contribution is 1.05. The van der Waals surface area contributed by atoms with E-state index in [1.54, 1.807) is 11.8 Å². The number of hydrogen-bond donors (Lipinski definition) is 1. The largest absolute Gasteiger partial charge is 0.386 e. The van der Waals surface area contributed by atoms with E-state index in [9.17, 15) is 0 Å². The van der Waals surface area contributed by atoms with Gasteiger partial charge in [-0.2, -0.15) is 0 Å². The molecule has 0 amide bonds. The molecule has 11 heavy (non-hydrogen) atoms. The molecule has 2 nitrogen and oxygen atoms in total. The normalized spacial score (nSPS) is 30.4. The van der Waals surface area contributed by atoms with E-state index < -0.39 is 0 Å². The molecular formula is C8H12N2S. The van der Waals surface area contributed by atoms with Crippen LogP contribution in [0.5, 0.6) is 0 Å². The van der Waals surface area contributed by atoms with Gasteiger partial charge in [-0.3, -0.25) is 4.99 Å². The molecule has 0 unspecified atom stereocenters. The number of nitrogens with zero attached hydrogens (tertiary/aromatic N) is 1. The molecule has 60 valence electrons. The van der Waals surface area contributed by atoms with Crippen molar-refractivity contribution < 1.29 is 0 Å². The van der Waals surface area contributed by atoms with Crippen LogP contribution in [-0.2, 0) is 0 Å². The van der Waals surface area contributed by atoms with E-state index >= 15 is 0 Å². The maximum atomic E-state index is 4.23. The summed E-state index contributed by atoms with van der Waals surface area (Å²) < 4.78 is 0. The molecule has 0 radical (unpaired) electrons. The molecule has 0 aromatic rings. The summed E-state index contributed by atoms with van der Waals surface area (Å²) in [6, 6.07) is 0. The zero-order valence-electron chi connectivity index (χ0n) is 6.79. The molecular weight excluding hydrogens is 156 g/mol. The van der Waals surface area contributed by atoms with Crippen LogP contribution < -0.4 is 5.32 Å². The first kappa shape index (κ1) is 8.40. The lowest BCUT2D eigenvalue weighted by Gasteiger charge is -2.02. The van der Waals surface area contributed by atoms with Crippen molar-refractivity contribution in [1.82, 2.24) is 5.32 Å². The zero-order chi connectivity index (χ0) is 8.10. The van der Waals surface area contributed by atoms with Gasteiger partial charge in [0.2, 0.25) is 0 Å². The van der Waals surface area contributed by atoms with E-state index in [1.165, 1.54) is 5.57 Å². The SMILES string of the molecule is CNC1=C/S/C=C(/C)C\N=C\1. The monoisotopic (exact) mass is 168 g/mol. The Morgan fingerprint density at radius 1 is 1.55 bits per heavy atom. The Bertz CT molecular complexity index is 216. The highest BCUT2D eigenvalue weighted by Gasteiger charge is 1.92. The molecule has 0 aromatic heterocycles. The number of thioether (sulfide) groups is 1. The molecule has 0 bridgehead atoms. The van der Waals surface area contributed by atoms with E-state index in [2.05, 4.69) is 22.6 Å². The Labute approximate surface area is 71.5 Å². The van der Waals surface area contributed by atoms with E-state index in [4.69, 9.17) is 0 Å². The average molecular weight is 168 g/mol. The van der Waals surface area contributed by atoms with Crippen molar-refractivity contribution in [2.75, 3.05) is 13.6 Å².